The fraction of sp³-hybridized carbons (Fsp3) is 0.111. The van der Waals surface area contributed by atoms with Crippen LogP contribution in [0.2, 0.25) is 0 Å². The molecule has 8 nitrogen and oxygen atoms in total. The van der Waals surface area contributed by atoms with Crippen molar-refractivity contribution in [1.82, 2.24) is 9.75 Å². The Bertz CT molecular complexity index is 660. The summed E-state index contributed by atoms with van der Waals surface area (Å²) < 4.78 is 23.4. The van der Waals surface area contributed by atoms with Crippen LogP contribution >= 0.6 is 0 Å². The fourth-order valence-electron chi connectivity index (χ4n) is 1.71. The average molecular weight is 282 g/mol. The Morgan fingerprint density at radius 3 is 2.79 bits per heavy atom. The molecule has 1 aliphatic heterocycles. The van der Waals surface area contributed by atoms with Gasteiger partial charge in [0.15, 0.2) is 0 Å². The molecule has 0 unspecified atom stereocenters. The van der Waals surface area contributed by atoms with Crippen LogP contribution in [0.3, 0.4) is 0 Å². The van der Waals surface area contributed by atoms with Gasteiger partial charge in [0.05, 0.1) is 12.5 Å². The first-order valence-corrected chi connectivity index (χ1v) is 7.06. The molecule has 100 valence electrons. The standard InChI is InChI=1S/C9H11BN4O4S/c1-19(17,18)14-10(16)8-4-6(9(15)13-11)2-3-7(8)5-12-14/h2-5,16H,11H2,1H3,(H,13,15). The SMILES string of the molecule is CS(=O)(=O)N1N=Cc2ccc(C(=O)NN)cc2B1O. The van der Waals surface area contributed by atoms with Crippen LogP contribution in [-0.2, 0) is 10.0 Å². The van der Waals surface area contributed by atoms with Gasteiger partial charge < -0.3 is 5.02 Å². The molecule has 1 aliphatic rings. The molecule has 19 heavy (non-hydrogen) atoms. The zero-order valence-electron chi connectivity index (χ0n) is 9.94. The average Bonchev–Trinajstić information content (AvgIpc) is 2.36. The van der Waals surface area contributed by atoms with Crippen molar-refractivity contribution >= 4 is 34.7 Å². The van der Waals surface area contributed by atoms with Crippen molar-refractivity contribution in [3.05, 3.63) is 29.3 Å². The maximum Gasteiger partial charge on any atom is 0.484 e. The molecule has 0 aliphatic carbocycles. The number of hydrazine groups is 1. The van der Waals surface area contributed by atoms with Crippen molar-refractivity contribution in [3.8, 4) is 0 Å². The van der Waals surface area contributed by atoms with E-state index in [0.717, 1.165) is 6.26 Å². The Morgan fingerprint density at radius 1 is 1.53 bits per heavy atom. The van der Waals surface area contributed by atoms with Gasteiger partial charge in [-0.1, -0.05) is 6.07 Å². The number of hydrogen-bond acceptors (Lipinski definition) is 6. The molecule has 0 atom stereocenters. The molecule has 0 aromatic heterocycles. The number of sulfonamides is 1. The van der Waals surface area contributed by atoms with E-state index in [1.807, 2.05) is 5.43 Å². The van der Waals surface area contributed by atoms with Crippen molar-refractivity contribution in [2.45, 2.75) is 0 Å². The number of nitrogens with two attached hydrogens (primary N) is 1. The van der Waals surface area contributed by atoms with Gasteiger partial charge in [-0.05, 0) is 23.2 Å². The molecule has 0 spiro atoms. The van der Waals surface area contributed by atoms with Crippen LogP contribution in [0.1, 0.15) is 15.9 Å². The topological polar surface area (TPSA) is 125 Å². The van der Waals surface area contributed by atoms with Gasteiger partial charge in [-0.25, -0.2) is 18.6 Å². The van der Waals surface area contributed by atoms with E-state index in [-0.39, 0.29) is 11.0 Å². The lowest BCUT2D eigenvalue weighted by Gasteiger charge is -2.24. The number of carbonyl (C=O) groups excluding carboxylic acids is 1. The molecule has 0 saturated heterocycles. The van der Waals surface area contributed by atoms with Crippen LogP contribution in [-0.4, -0.2) is 43.2 Å². The highest BCUT2D eigenvalue weighted by atomic mass is 32.2. The Morgan fingerprint density at radius 2 is 2.21 bits per heavy atom. The van der Waals surface area contributed by atoms with Crippen LogP contribution < -0.4 is 16.7 Å². The van der Waals surface area contributed by atoms with Crippen molar-refractivity contribution in [2.75, 3.05) is 6.26 Å². The second-order valence-electron chi connectivity index (χ2n) is 3.97. The molecule has 1 amide bonds. The Balaban J connectivity index is 2.49. The number of fused-ring (bicyclic) bond motifs is 1. The van der Waals surface area contributed by atoms with Crippen molar-refractivity contribution in [1.29, 1.82) is 0 Å². The number of nitrogens with zero attached hydrogens (tertiary/aromatic N) is 2. The number of hydrogen-bond donors (Lipinski definition) is 3. The fourth-order valence-corrected chi connectivity index (χ4v) is 2.40. The van der Waals surface area contributed by atoms with Crippen LogP contribution in [0.4, 0.5) is 0 Å². The quantitative estimate of drug-likeness (QED) is 0.241. The summed E-state index contributed by atoms with van der Waals surface area (Å²) in [5.41, 5.74) is 2.96. The first-order valence-electron chi connectivity index (χ1n) is 5.21. The van der Waals surface area contributed by atoms with E-state index in [2.05, 4.69) is 5.10 Å². The van der Waals surface area contributed by atoms with Crippen molar-refractivity contribution in [2.24, 2.45) is 10.9 Å². The van der Waals surface area contributed by atoms with Gasteiger partial charge in [-0.2, -0.15) is 5.10 Å². The van der Waals surface area contributed by atoms with Gasteiger partial charge in [0, 0.05) is 5.56 Å². The number of rotatable bonds is 2. The predicted octanol–water partition coefficient (Wildman–Crippen LogP) is -2.41. The summed E-state index contributed by atoms with van der Waals surface area (Å²) >= 11 is 0. The molecule has 2 rings (SSSR count). The molecular formula is C9H11BN4O4S. The maximum atomic E-state index is 11.4. The summed E-state index contributed by atoms with van der Waals surface area (Å²) in [6.45, 7) is 0. The lowest BCUT2D eigenvalue weighted by Crippen LogP contribution is -2.52. The molecule has 0 fully saturated rings. The second-order valence-corrected chi connectivity index (χ2v) is 5.81. The van der Waals surface area contributed by atoms with E-state index in [9.17, 15) is 18.2 Å². The number of amides is 1. The minimum absolute atomic E-state index is 0.212. The lowest BCUT2D eigenvalue weighted by atomic mass is 9.71. The van der Waals surface area contributed by atoms with E-state index in [4.69, 9.17) is 5.84 Å². The molecule has 0 radical (unpaired) electrons. The zero-order valence-corrected chi connectivity index (χ0v) is 10.8. The summed E-state index contributed by atoms with van der Waals surface area (Å²) in [5.74, 6) is 4.48. The Hall–Kier alpha value is -1.91. The molecule has 1 aromatic carbocycles. The summed E-state index contributed by atoms with van der Waals surface area (Å²) in [4.78, 5) is 11.4. The first-order chi connectivity index (χ1) is 8.84. The van der Waals surface area contributed by atoms with Crippen LogP contribution in [0, 0.1) is 0 Å². The van der Waals surface area contributed by atoms with Crippen LogP contribution in [0.15, 0.2) is 23.3 Å². The smallest absolute Gasteiger partial charge is 0.427 e. The molecule has 1 aromatic rings. The molecular weight excluding hydrogens is 271 g/mol. The summed E-state index contributed by atoms with van der Waals surface area (Å²) in [6, 6.07) is 4.41. The number of hydrazone groups is 1. The highest BCUT2D eigenvalue weighted by molar-refractivity contribution is 7.89. The van der Waals surface area contributed by atoms with Gasteiger partial charge in [-0.3, -0.25) is 10.2 Å². The van der Waals surface area contributed by atoms with Gasteiger partial charge in [0.25, 0.3) is 5.91 Å². The van der Waals surface area contributed by atoms with E-state index in [1.165, 1.54) is 18.3 Å². The van der Waals surface area contributed by atoms with Crippen LogP contribution in [0.25, 0.3) is 0 Å². The van der Waals surface area contributed by atoms with Gasteiger partial charge >= 0.3 is 7.05 Å². The predicted molar refractivity (Wildman–Crippen MR) is 70.0 cm³/mol. The monoisotopic (exact) mass is 282 g/mol. The second kappa shape index (κ2) is 4.65. The van der Waals surface area contributed by atoms with E-state index >= 15 is 0 Å². The van der Waals surface area contributed by atoms with E-state index < -0.39 is 23.0 Å². The van der Waals surface area contributed by atoms with Gasteiger partial charge in [-0.15, -0.1) is 0 Å². The third-order valence-electron chi connectivity index (χ3n) is 2.62. The number of benzene rings is 1. The highest BCUT2D eigenvalue weighted by Crippen LogP contribution is 2.11. The number of nitrogen functional groups attached to an aromatic ring is 1. The largest absolute Gasteiger partial charge is 0.484 e. The van der Waals surface area contributed by atoms with Crippen LogP contribution in [0.5, 0.6) is 0 Å². The Kier molecular flexibility index (Phi) is 3.31. The molecule has 0 bridgehead atoms. The first kappa shape index (κ1) is 13.5. The lowest BCUT2D eigenvalue weighted by molar-refractivity contribution is 0.0953. The Labute approximate surface area is 110 Å². The summed E-state index contributed by atoms with van der Waals surface area (Å²) in [7, 11) is -5.17. The van der Waals surface area contributed by atoms with Gasteiger partial charge in [0.1, 0.15) is 0 Å². The third-order valence-corrected chi connectivity index (χ3v) is 3.59. The van der Waals surface area contributed by atoms with Gasteiger partial charge in [0.2, 0.25) is 10.0 Å². The summed E-state index contributed by atoms with van der Waals surface area (Å²) in [6.07, 6.45) is 2.22. The van der Waals surface area contributed by atoms with E-state index in [0.29, 0.717) is 9.89 Å². The molecule has 10 heteroatoms. The zero-order chi connectivity index (χ0) is 14.2. The molecule has 4 N–H and O–H groups in total. The minimum Gasteiger partial charge on any atom is -0.427 e. The molecule has 0 saturated carbocycles. The normalized spacial score (nSPS) is 14.3. The van der Waals surface area contributed by atoms with E-state index in [1.54, 1.807) is 6.07 Å². The summed E-state index contributed by atoms with van der Waals surface area (Å²) in [5, 5.41) is 13.7. The van der Waals surface area contributed by atoms with Crippen molar-refractivity contribution < 1.29 is 18.2 Å². The molecule has 1 heterocycles. The third kappa shape index (κ3) is 2.45. The highest BCUT2D eigenvalue weighted by Gasteiger charge is 2.35. The number of carbonyl (C=O) groups is 1. The number of nitrogens with one attached hydrogen (secondary N) is 1. The maximum absolute atomic E-state index is 11.4. The minimum atomic E-state index is -3.70. The van der Waals surface area contributed by atoms with Crippen molar-refractivity contribution in [3.63, 3.8) is 0 Å².